The average molecular weight is 217 g/mol. The van der Waals surface area contributed by atoms with Crippen molar-refractivity contribution in [3.8, 4) is 0 Å². The van der Waals surface area contributed by atoms with E-state index in [2.05, 4.69) is 25.2 Å². The predicted molar refractivity (Wildman–Crippen MR) is 63.6 cm³/mol. The molecule has 1 atom stereocenters. The van der Waals surface area contributed by atoms with Crippen LogP contribution in [0.5, 0.6) is 0 Å². The zero-order valence-corrected chi connectivity index (χ0v) is 9.27. The molecule has 5 nitrogen and oxygen atoms in total. The summed E-state index contributed by atoms with van der Waals surface area (Å²) >= 11 is 0. The Morgan fingerprint density at radius 1 is 1.50 bits per heavy atom. The van der Waals surface area contributed by atoms with Crippen LogP contribution in [0.1, 0.15) is 6.42 Å². The number of anilines is 1. The van der Waals surface area contributed by atoms with Crippen LogP contribution in [0.15, 0.2) is 18.6 Å². The second-order valence-corrected chi connectivity index (χ2v) is 4.16. The van der Waals surface area contributed by atoms with Gasteiger partial charge in [-0.1, -0.05) is 0 Å². The van der Waals surface area contributed by atoms with Gasteiger partial charge in [-0.05, 0) is 19.5 Å². The number of rotatable bonds is 2. The normalized spacial score (nSPS) is 20.8. The molecule has 1 unspecified atom stereocenters. The minimum absolute atomic E-state index is 0.573. The van der Waals surface area contributed by atoms with Gasteiger partial charge in [0.25, 0.3) is 0 Å². The molecule has 5 heteroatoms. The molecular weight excluding hydrogens is 202 g/mol. The van der Waals surface area contributed by atoms with Gasteiger partial charge in [0.05, 0.1) is 5.39 Å². The highest BCUT2D eigenvalue weighted by Crippen LogP contribution is 2.25. The molecule has 0 radical (unpaired) electrons. The van der Waals surface area contributed by atoms with Crippen LogP contribution in [0.3, 0.4) is 0 Å². The van der Waals surface area contributed by atoms with Crippen molar-refractivity contribution in [3.63, 3.8) is 0 Å². The van der Waals surface area contributed by atoms with Crippen LogP contribution in [-0.4, -0.2) is 41.1 Å². The SMILES string of the molecule is CNC1CCN(c2ncnc3[nH]ccc23)C1. The summed E-state index contributed by atoms with van der Waals surface area (Å²) in [6.45, 7) is 2.08. The van der Waals surface area contributed by atoms with Crippen molar-refractivity contribution in [2.24, 2.45) is 0 Å². The Kier molecular flexibility index (Phi) is 2.25. The molecule has 3 heterocycles. The summed E-state index contributed by atoms with van der Waals surface area (Å²) in [5, 5.41) is 4.42. The van der Waals surface area contributed by atoms with E-state index in [-0.39, 0.29) is 0 Å². The van der Waals surface area contributed by atoms with Gasteiger partial charge in [-0.25, -0.2) is 9.97 Å². The molecule has 1 fully saturated rings. The molecule has 0 aromatic carbocycles. The maximum absolute atomic E-state index is 4.40. The number of likely N-dealkylation sites (N-methyl/N-ethyl adjacent to an activating group) is 1. The van der Waals surface area contributed by atoms with Crippen molar-refractivity contribution in [1.29, 1.82) is 0 Å². The molecule has 0 saturated carbocycles. The first-order valence-corrected chi connectivity index (χ1v) is 5.59. The van der Waals surface area contributed by atoms with Crippen LogP contribution in [0.4, 0.5) is 5.82 Å². The van der Waals surface area contributed by atoms with E-state index in [9.17, 15) is 0 Å². The maximum Gasteiger partial charge on any atom is 0.142 e. The highest BCUT2D eigenvalue weighted by atomic mass is 15.2. The molecule has 0 spiro atoms. The van der Waals surface area contributed by atoms with Crippen molar-refractivity contribution >= 4 is 16.9 Å². The molecule has 1 saturated heterocycles. The Bertz CT molecular complexity index is 492. The lowest BCUT2D eigenvalue weighted by Crippen LogP contribution is -2.29. The van der Waals surface area contributed by atoms with Gasteiger partial charge in [0.2, 0.25) is 0 Å². The Morgan fingerprint density at radius 2 is 2.44 bits per heavy atom. The molecule has 84 valence electrons. The van der Waals surface area contributed by atoms with E-state index < -0.39 is 0 Å². The Morgan fingerprint density at radius 3 is 3.25 bits per heavy atom. The van der Waals surface area contributed by atoms with E-state index >= 15 is 0 Å². The lowest BCUT2D eigenvalue weighted by molar-refractivity contribution is 0.616. The van der Waals surface area contributed by atoms with E-state index in [0.717, 1.165) is 29.9 Å². The fraction of sp³-hybridized carbons (Fsp3) is 0.455. The van der Waals surface area contributed by atoms with Gasteiger partial charge < -0.3 is 15.2 Å². The topological polar surface area (TPSA) is 56.8 Å². The molecule has 16 heavy (non-hydrogen) atoms. The van der Waals surface area contributed by atoms with Gasteiger partial charge in [0.15, 0.2) is 0 Å². The lowest BCUT2D eigenvalue weighted by atomic mass is 10.3. The van der Waals surface area contributed by atoms with Gasteiger partial charge in [-0.2, -0.15) is 0 Å². The summed E-state index contributed by atoms with van der Waals surface area (Å²) in [4.78, 5) is 14.0. The van der Waals surface area contributed by atoms with Crippen molar-refractivity contribution in [3.05, 3.63) is 18.6 Å². The fourth-order valence-electron chi connectivity index (χ4n) is 2.30. The molecule has 3 rings (SSSR count). The number of aromatic nitrogens is 3. The predicted octanol–water partition coefficient (Wildman–Crippen LogP) is 0.756. The number of hydrogen-bond acceptors (Lipinski definition) is 4. The number of fused-ring (bicyclic) bond motifs is 1. The summed E-state index contributed by atoms with van der Waals surface area (Å²) in [7, 11) is 2.01. The first kappa shape index (κ1) is 9.59. The average Bonchev–Trinajstić information content (AvgIpc) is 2.97. The molecular formula is C11H15N5. The zero-order chi connectivity index (χ0) is 11.0. The maximum atomic E-state index is 4.40. The quantitative estimate of drug-likeness (QED) is 0.779. The number of H-pyrrole nitrogens is 1. The molecule has 0 amide bonds. The Hall–Kier alpha value is -1.62. The zero-order valence-electron chi connectivity index (χ0n) is 9.27. The second-order valence-electron chi connectivity index (χ2n) is 4.16. The van der Waals surface area contributed by atoms with Crippen molar-refractivity contribution in [1.82, 2.24) is 20.3 Å². The molecule has 1 aliphatic heterocycles. The van der Waals surface area contributed by atoms with Gasteiger partial charge in [-0.3, -0.25) is 0 Å². The van der Waals surface area contributed by atoms with Crippen LogP contribution in [0, 0.1) is 0 Å². The highest BCUT2D eigenvalue weighted by Gasteiger charge is 2.23. The summed E-state index contributed by atoms with van der Waals surface area (Å²) in [5.74, 6) is 1.05. The minimum Gasteiger partial charge on any atom is -0.354 e. The molecule has 2 N–H and O–H groups in total. The van der Waals surface area contributed by atoms with Crippen molar-refractivity contribution in [2.75, 3.05) is 25.0 Å². The van der Waals surface area contributed by atoms with E-state index in [0.29, 0.717) is 6.04 Å². The summed E-state index contributed by atoms with van der Waals surface area (Å²) < 4.78 is 0. The number of aromatic amines is 1. The van der Waals surface area contributed by atoms with Gasteiger partial charge in [0.1, 0.15) is 17.8 Å². The molecule has 0 aliphatic carbocycles. The van der Waals surface area contributed by atoms with Crippen LogP contribution >= 0.6 is 0 Å². The van der Waals surface area contributed by atoms with Crippen LogP contribution in [-0.2, 0) is 0 Å². The molecule has 1 aliphatic rings. The third kappa shape index (κ3) is 1.44. The Labute approximate surface area is 93.9 Å². The van der Waals surface area contributed by atoms with Gasteiger partial charge in [-0.15, -0.1) is 0 Å². The number of nitrogens with one attached hydrogen (secondary N) is 2. The fourth-order valence-corrected chi connectivity index (χ4v) is 2.30. The lowest BCUT2D eigenvalue weighted by Gasteiger charge is -2.17. The Balaban J connectivity index is 1.97. The largest absolute Gasteiger partial charge is 0.354 e. The second kappa shape index (κ2) is 3.75. The first-order chi connectivity index (χ1) is 7.88. The smallest absolute Gasteiger partial charge is 0.142 e. The third-order valence-electron chi connectivity index (χ3n) is 3.23. The van der Waals surface area contributed by atoms with Gasteiger partial charge >= 0.3 is 0 Å². The number of hydrogen-bond donors (Lipinski definition) is 2. The van der Waals surface area contributed by atoms with Gasteiger partial charge in [0, 0.05) is 25.3 Å². The summed E-state index contributed by atoms with van der Waals surface area (Å²) in [6.07, 6.45) is 4.71. The summed E-state index contributed by atoms with van der Waals surface area (Å²) in [6, 6.07) is 2.61. The van der Waals surface area contributed by atoms with Crippen molar-refractivity contribution in [2.45, 2.75) is 12.5 Å². The van der Waals surface area contributed by atoms with E-state index in [4.69, 9.17) is 0 Å². The third-order valence-corrected chi connectivity index (χ3v) is 3.23. The highest BCUT2D eigenvalue weighted by molar-refractivity contribution is 5.87. The van der Waals surface area contributed by atoms with E-state index in [1.807, 2.05) is 19.3 Å². The van der Waals surface area contributed by atoms with Crippen LogP contribution in [0.2, 0.25) is 0 Å². The summed E-state index contributed by atoms with van der Waals surface area (Å²) in [5.41, 5.74) is 0.915. The van der Waals surface area contributed by atoms with Crippen molar-refractivity contribution < 1.29 is 0 Å². The number of nitrogens with zero attached hydrogens (tertiary/aromatic N) is 3. The molecule has 0 bridgehead atoms. The monoisotopic (exact) mass is 217 g/mol. The van der Waals surface area contributed by atoms with Crippen LogP contribution in [0.25, 0.3) is 11.0 Å². The van der Waals surface area contributed by atoms with E-state index in [1.54, 1.807) is 6.33 Å². The first-order valence-electron chi connectivity index (χ1n) is 5.59. The minimum atomic E-state index is 0.573. The van der Waals surface area contributed by atoms with E-state index in [1.165, 1.54) is 6.42 Å². The molecule has 2 aromatic heterocycles. The molecule has 2 aromatic rings. The standard InChI is InChI=1S/C11H15N5/c1-12-8-3-5-16(6-8)11-9-2-4-13-10(9)14-7-15-11/h2,4,7-8,12H,3,5-6H2,1H3,(H,13,14,15). The van der Waals surface area contributed by atoms with Crippen LogP contribution < -0.4 is 10.2 Å².